The summed E-state index contributed by atoms with van der Waals surface area (Å²) >= 11 is 0. The number of likely N-dealkylation sites (tertiary alicyclic amines) is 1. The number of hydrogen-bond acceptors (Lipinski definition) is 4. The molecule has 1 unspecified atom stereocenters. The fourth-order valence-electron chi connectivity index (χ4n) is 2.92. The fourth-order valence-corrected chi connectivity index (χ4v) is 2.92. The highest BCUT2D eigenvalue weighted by Gasteiger charge is 2.19. The van der Waals surface area contributed by atoms with Crippen molar-refractivity contribution in [3.05, 3.63) is 41.8 Å². The monoisotopic (exact) mass is 321 g/mol. The number of aryl methyl sites for hydroxylation is 1. The summed E-state index contributed by atoms with van der Waals surface area (Å²) in [7, 11) is 0. The van der Waals surface area contributed by atoms with Gasteiger partial charge in [-0.2, -0.15) is 0 Å². The number of piperidine rings is 1. The average molecular weight is 322 g/mol. The third-order valence-corrected chi connectivity index (χ3v) is 4.17. The van der Waals surface area contributed by atoms with Gasteiger partial charge in [-0.25, -0.2) is 4.98 Å². The molecular weight excluding hydrogens is 298 g/mol. The van der Waals surface area contributed by atoms with Crippen LogP contribution in [0.25, 0.3) is 11.5 Å². The normalized spacial score (nSPS) is 18.9. The molecule has 120 valence electrons. The number of aromatic nitrogens is 1. The Kier molecular flexibility index (Phi) is 6.00. The molecule has 1 aliphatic rings. The first-order chi connectivity index (χ1) is 10.2. The average Bonchev–Trinajstić information content (AvgIpc) is 2.96. The number of hydrogen-bond donors (Lipinski definition) is 1. The topological polar surface area (TPSA) is 55.3 Å². The Morgan fingerprint density at radius 2 is 2.09 bits per heavy atom. The van der Waals surface area contributed by atoms with E-state index in [1.807, 2.05) is 0 Å². The number of halogens is 1. The van der Waals surface area contributed by atoms with E-state index < -0.39 is 0 Å². The van der Waals surface area contributed by atoms with Crippen molar-refractivity contribution in [2.75, 3.05) is 19.6 Å². The summed E-state index contributed by atoms with van der Waals surface area (Å²) in [4.78, 5) is 7.04. The Morgan fingerprint density at radius 1 is 1.32 bits per heavy atom. The van der Waals surface area contributed by atoms with Crippen LogP contribution in [-0.4, -0.2) is 29.5 Å². The molecule has 0 radical (unpaired) electrons. The highest BCUT2D eigenvalue weighted by Crippen LogP contribution is 2.21. The molecule has 0 amide bonds. The molecule has 0 bridgehead atoms. The van der Waals surface area contributed by atoms with Crippen molar-refractivity contribution in [1.82, 2.24) is 9.88 Å². The van der Waals surface area contributed by atoms with Crippen LogP contribution >= 0.6 is 12.4 Å². The van der Waals surface area contributed by atoms with Gasteiger partial charge in [0.05, 0.1) is 5.69 Å². The third-order valence-electron chi connectivity index (χ3n) is 4.17. The molecule has 1 aromatic carbocycles. The van der Waals surface area contributed by atoms with Crippen LogP contribution in [0.3, 0.4) is 0 Å². The Bertz CT molecular complexity index is 582. The van der Waals surface area contributed by atoms with Crippen LogP contribution < -0.4 is 5.73 Å². The maximum absolute atomic E-state index is 5.79. The van der Waals surface area contributed by atoms with E-state index >= 15 is 0 Å². The van der Waals surface area contributed by atoms with Gasteiger partial charge >= 0.3 is 0 Å². The molecule has 22 heavy (non-hydrogen) atoms. The van der Waals surface area contributed by atoms with Gasteiger partial charge < -0.3 is 10.2 Å². The van der Waals surface area contributed by atoms with E-state index in [0.29, 0.717) is 11.8 Å². The van der Waals surface area contributed by atoms with Gasteiger partial charge in [0.15, 0.2) is 0 Å². The van der Waals surface area contributed by atoms with E-state index in [1.54, 1.807) is 6.26 Å². The Morgan fingerprint density at radius 3 is 2.82 bits per heavy atom. The summed E-state index contributed by atoms with van der Waals surface area (Å²) in [5, 5.41) is 0. The Labute approximate surface area is 138 Å². The minimum Gasteiger partial charge on any atom is -0.444 e. The first-order valence-corrected chi connectivity index (χ1v) is 7.68. The lowest BCUT2D eigenvalue weighted by molar-refractivity contribution is 0.169. The lowest BCUT2D eigenvalue weighted by atomic mass is 9.98. The van der Waals surface area contributed by atoms with Crippen molar-refractivity contribution >= 4 is 12.4 Å². The highest BCUT2D eigenvalue weighted by atomic mass is 35.5. The van der Waals surface area contributed by atoms with Crippen molar-refractivity contribution < 1.29 is 4.42 Å². The molecule has 1 saturated heterocycles. The largest absolute Gasteiger partial charge is 0.444 e. The lowest BCUT2D eigenvalue weighted by Crippen LogP contribution is -2.37. The zero-order valence-corrected chi connectivity index (χ0v) is 13.8. The Hall–Kier alpha value is -1.36. The fraction of sp³-hybridized carbons (Fsp3) is 0.471. The second kappa shape index (κ2) is 7.77. The molecular formula is C17H24ClN3O. The summed E-state index contributed by atoms with van der Waals surface area (Å²) in [6.45, 7) is 5.91. The summed E-state index contributed by atoms with van der Waals surface area (Å²) < 4.78 is 5.62. The van der Waals surface area contributed by atoms with Gasteiger partial charge in [-0.15, -0.1) is 12.4 Å². The standard InChI is InChI=1S/C17H23N3O.ClH/c1-13-4-6-15(7-5-13)17-19-16(12-21-17)11-20-8-2-3-14(9-18)10-20;/h4-7,12,14H,2-3,8-11,18H2,1H3;1H. The zero-order chi connectivity index (χ0) is 14.7. The van der Waals surface area contributed by atoms with Crippen molar-refractivity contribution in [2.45, 2.75) is 26.3 Å². The maximum Gasteiger partial charge on any atom is 0.226 e. The van der Waals surface area contributed by atoms with E-state index in [2.05, 4.69) is 41.1 Å². The van der Waals surface area contributed by atoms with Crippen LogP contribution in [0, 0.1) is 12.8 Å². The number of oxazole rings is 1. The molecule has 2 heterocycles. The number of benzene rings is 1. The second-order valence-electron chi connectivity index (χ2n) is 5.99. The number of rotatable bonds is 4. The van der Waals surface area contributed by atoms with Crippen LogP contribution in [0.15, 0.2) is 34.9 Å². The van der Waals surface area contributed by atoms with Gasteiger partial charge in [0.1, 0.15) is 6.26 Å². The van der Waals surface area contributed by atoms with Gasteiger partial charge in [0, 0.05) is 18.7 Å². The molecule has 1 aromatic heterocycles. The lowest BCUT2D eigenvalue weighted by Gasteiger charge is -2.31. The molecule has 0 aliphatic carbocycles. The molecule has 4 nitrogen and oxygen atoms in total. The smallest absolute Gasteiger partial charge is 0.226 e. The van der Waals surface area contributed by atoms with Crippen LogP contribution in [0.2, 0.25) is 0 Å². The number of nitrogens with two attached hydrogens (primary N) is 1. The maximum atomic E-state index is 5.79. The molecule has 1 fully saturated rings. The SMILES string of the molecule is Cc1ccc(-c2nc(CN3CCCC(CN)C3)co2)cc1.Cl. The quantitative estimate of drug-likeness (QED) is 0.939. The van der Waals surface area contributed by atoms with E-state index in [1.165, 1.54) is 18.4 Å². The molecule has 0 spiro atoms. The molecule has 1 aliphatic heterocycles. The number of nitrogens with zero attached hydrogens (tertiary/aromatic N) is 2. The van der Waals surface area contributed by atoms with Gasteiger partial charge in [0.25, 0.3) is 0 Å². The van der Waals surface area contributed by atoms with Gasteiger partial charge in [-0.05, 0) is 50.9 Å². The first kappa shape index (κ1) is 17.0. The van der Waals surface area contributed by atoms with E-state index in [0.717, 1.165) is 37.4 Å². The van der Waals surface area contributed by atoms with Crippen molar-refractivity contribution in [3.8, 4) is 11.5 Å². The van der Waals surface area contributed by atoms with Gasteiger partial charge in [0.2, 0.25) is 5.89 Å². The predicted molar refractivity (Wildman–Crippen MR) is 91.0 cm³/mol. The second-order valence-corrected chi connectivity index (χ2v) is 5.99. The summed E-state index contributed by atoms with van der Waals surface area (Å²) in [6, 6.07) is 8.26. The molecule has 0 saturated carbocycles. The minimum absolute atomic E-state index is 0. The summed E-state index contributed by atoms with van der Waals surface area (Å²) in [6.07, 6.45) is 4.26. The van der Waals surface area contributed by atoms with Gasteiger partial charge in [-0.3, -0.25) is 4.90 Å². The zero-order valence-electron chi connectivity index (χ0n) is 13.0. The van der Waals surface area contributed by atoms with Crippen molar-refractivity contribution in [1.29, 1.82) is 0 Å². The van der Waals surface area contributed by atoms with Crippen LogP contribution in [-0.2, 0) is 6.54 Å². The first-order valence-electron chi connectivity index (χ1n) is 7.68. The summed E-state index contributed by atoms with van der Waals surface area (Å²) in [5.74, 6) is 1.33. The van der Waals surface area contributed by atoms with E-state index in [9.17, 15) is 0 Å². The van der Waals surface area contributed by atoms with Crippen LogP contribution in [0.4, 0.5) is 0 Å². The van der Waals surface area contributed by atoms with E-state index in [4.69, 9.17) is 10.2 Å². The molecule has 2 N–H and O–H groups in total. The molecule has 3 rings (SSSR count). The van der Waals surface area contributed by atoms with Crippen molar-refractivity contribution in [2.24, 2.45) is 11.7 Å². The third kappa shape index (κ3) is 4.09. The molecule has 5 heteroatoms. The van der Waals surface area contributed by atoms with Crippen molar-refractivity contribution in [3.63, 3.8) is 0 Å². The van der Waals surface area contributed by atoms with Crippen LogP contribution in [0.1, 0.15) is 24.1 Å². The van der Waals surface area contributed by atoms with Crippen LogP contribution in [0.5, 0.6) is 0 Å². The summed E-state index contributed by atoms with van der Waals surface area (Å²) in [5.41, 5.74) is 9.07. The predicted octanol–water partition coefficient (Wildman–Crippen LogP) is 3.24. The molecule has 2 aromatic rings. The Balaban J connectivity index is 0.00000176. The van der Waals surface area contributed by atoms with Gasteiger partial charge in [-0.1, -0.05) is 17.7 Å². The highest BCUT2D eigenvalue weighted by molar-refractivity contribution is 5.85. The minimum atomic E-state index is 0. The molecule has 1 atom stereocenters. The van der Waals surface area contributed by atoms with E-state index in [-0.39, 0.29) is 12.4 Å².